The molecule has 0 radical (unpaired) electrons. The van der Waals surface area contributed by atoms with Gasteiger partial charge in [0, 0.05) is 31.3 Å². The Balaban J connectivity index is 2.46. The van der Waals surface area contributed by atoms with Gasteiger partial charge in [-0.1, -0.05) is 0 Å². The molecule has 0 atom stereocenters. The molecule has 0 bridgehead atoms. The summed E-state index contributed by atoms with van der Waals surface area (Å²) in [6, 6.07) is 5.17. The molecule has 23 heavy (non-hydrogen) atoms. The highest BCUT2D eigenvalue weighted by atomic mass is 32.2. The van der Waals surface area contributed by atoms with E-state index >= 15 is 0 Å². The van der Waals surface area contributed by atoms with Crippen LogP contribution in [0.4, 0.5) is 15.9 Å². The number of aromatic nitrogens is 2. The van der Waals surface area contributed by atoms with E-state index in [0.717, 1.165) is 41.0 Å². The number of hydrogen-bond acceptors (Lipinski definition) is 7. The molecule has 0 saturated carbocycles. The van der Waals surface area contributed by atoms with Gasteiger partial charge in [0.25, 0.3) is 15.7 Å². The molecule has 1 aromatic heterocycles. The van der Waals surface area contributed by atoms with Crippen LogP contribution in [0, 0.1) is 16.1 Å². The quantitative estimate of drug-likeness (QED) is 0.464. The van der Waals surface area contributed by atoms with Crippen molar-refractivity contribution in [3.8, 4) is 0 Å². The van der Waals surface area contributed by atoms with Gasteiger partial charge in [-0.05, 0) is 12.1 Å². The molecule has 0 aliphatic heterocycles. The van der Waals surface area contributed by atoms with Crippen molar-refractivity contribution in [2.45, 2.75) is 4.90 Å². The van der Waals surface area contributed by atoms with Crippen molar-refractivity contribution in [2.75, 3.05) is 17.4 Å². The molecule has 0 spiro atoms. The fourth-order valence-corrected chi connectivity index (χ4v) is 3.23. The fraction of sp³-hybridized carbons (Fsp3) is 0.167. The van der Waals surface area contributed by atoms with Gasteiger partial charge < -0.3 is 5.73 Å². The van der Waals surface area contributed by atoms with Gasteiger partial charge in [-0.25, -0.2) is 22.7 Å². The van der Waals surface area contributed by atoms with Gasteiger partial charge in [0.15, 0.2) is 0 Å². The fourth-order valence-electron chi connectivity index (χ4n) is 1.80. The van der Waals surface area contributed by atoms with Gasteiger partial charge >= 0.3 is 0 Å². The molecule has 2 aromatic rings. The summed E-state index contributed by atoms with van der Waals surface area (Å²) in [4.78, 5) is 16.8. The van der Waals surface area contributed by atoms with Crippen molar-refractivity contribution in [2.24, 2.45) is 5.73 Å². The van der Waals surface area contributed by atoms with Crippen molar-refractivity contribution < 1.29 is 17.7 Å². The maximum Gasteiger partial charge on any atom is 0.269 e. The maximum atomic E-state index is 13.2. The van der Waals surface area contributed by atoms with Crippen LogP contribution in [-0.4, -0.2) is 36.4 Å². The topological polar surface area (TPSA) is 132 Å². The van der Waals surface area contributed by atoms with Crippen LogP contribution < -0.4 is 10.0 Å². The van der Waals surface area contributed by atoms with Crippen LogP contribution in [0.2, 0.25) is 0 Å². The van der Waals surface area contributed by atoms with Crippen molar-refractivity contribution in [1.82, 2.24) is 9.97 Å². The third-order valence-corrected chi connectivity index (χ3v) is 4.66. The Kier molecular flexibility index (Phi) is 4.81. The van der Waals surface area contributed by atoms with E-state index < -0.39 is 20.9 Å². The molecular weight excluding hydrogens is 329 g/mol. The molecule has 0 saturated heterocycles. The van der Waals surface area contributed by atoms with E-state index in [-0.39, 0.29) is 29.5 Å². The lowest BCUT2D eigenvalue weighted by molar-refractivity contribution is -0.384. The van der Waals surface area contributed by atoms with E-state index in [2.05, 4.69) is 9.97 Å². The van der Waals surface area contributed by atoms with E-state index in [1.165, 1.54) is 0 Å². The van der Waals surface area contributed by atoms with Crippen LogP contribution in [-0.2, 0) is 10.0 Å². The van der Waals surface area contributed by atoms with Gasteiger partial charge in [0.05, 0.1) is 9.82 Å². The van der Waals surface area contributed by atoms with Crippen molar-refractivity contribution in [1.29, 1.82) is 0 Å². The summed E-state index contributed by atoms with van der Waals surface area (Å²) in [5.74, 6) is -1.07. The summed E-state index contributed by atoms with van der Waals surface area (Å²) >= 11 is 0. The summed E-state index contributed by atoms with van der Waals surface area (Å²) in [6.45, 7) is -0.173. The molecule has 2 rings (SSSR count). The summed E-state index contributed by atoms with van der Waals surface area (Å²) in [6.07, 6.45) is 0.888. The summed E-state index contributed by atoms with van der Waals surface area (Å²) in [5.41, 5.74) is 5.16. The molecule has 0 aliphatic rings. The van der Waals surface area contributed by atoms with Crippen LogP contribution in [0.3, 0.4) is 0 Å². The van der Waals surface area contributed by atoms with Gasteiger partial charge in [-0.2, -0.15) is 4.39 Å². The van der Waals surface area contributed by atoms with Crippen LogP contribution in [0.1, 0.15) is 0 Å². The predicted octanol–water partition coefficient (Wildman–Crippen LogP) is 0.678. The lowest BCUT2D eigenvalue weighted by Gasteiger charge is -2.22. The van der Waals surface area contributed by atoms with Crippen LogP contribution >= 0.6 is 0 Å². The zero-order chi connectivity index (χ0) is 17.0. The molecule has 0 fully saturated rings. The number of nitrogens with two attached hydrogens (primary N) is 1. The molecule has 1 aromatic carbocycles. The second kappa shape index (κ2) is 6.62. The second-order valence-electron chi connectivity index (χ2n) is 4.32. The molecule has 11 heteroatoms. The Hall–Kier alpha value is -2.66. The first-order valence-corrected chi connectivity index (χ1v) is 7.75. The number of anilines is 1. The normalized spacial score (nSPS) is 11.2. The third-order valence-electron chi connectivity index (χ3n) is 2.84. The Bertz CT molecular complexity index is 812. The highest BCUT2D eigenvalue weighted by Crippen LogP contribution is 2.23. The zero-order valence-corrected chi connectivity index (χ0v) is 12.5. The van der Waals surface area contributed by atoms with E-state index in [4.69, 9.17) is 5.73 Å². The van der Waals surface area contributed by atoms with Crippen molar-refractivity contribution >= 4 is 21.5 Å². The molecule has 122 valence electrons. The van der Waals surface area contributed by atoms with Crippen LogP contribution in [0.25, 0.3) is 0 Å². The Morgan fingerprint density at radius 2 is 1.91 bits per heavy atom. The largest absolute Gasteiger partial charge is 0.329 e. The molecule has 9 nitrogen and oxygen atoms in total. The first-order valence-electron chi connectivity index (χ1n) is 6.31. The Labute approximate surface area is 130 Å². The SMILES string of the molecule is NCCN(c1cc(F)ncn1)S(=O)(=O)c1ccc([N+](=O)[O-])cc1. The minimum Gasteiger partial charge on any atom is -0.329 e. The highest BCUT2D eigenvalue weighted by Gasteiger charge is 2.26. The first kappa shape index (κ1) is 16.7. The molecule has 2 N–H and O–H groups in total. The monoisotopic (exact) mass is 341 g/mol. The lowest BCUT2D eigenvalue weighted by atomic mass is 10.3. The van der Waals surface area contributed by atoms with E-state index in [0.29, 0.717) is 0 Å². The highest BCUT2D eigenvalue weighted by molar-refractivity contribution is 7.92. The van der Waals surface area contributed by atoms with Gasteiger partial charge in [-0.3, -0.25) is 10.1 Å². The minimum absolute atomic E-state index is 0.0299. The predicted molar refractivity (Wildman–Crippen MR) is 78.7 cm³/mol. The Morgan fingerprint density at radius 1 is 1.26 bits per heavy atom. The van der Waals surface area contributed by atoms with E-state index in [9.17, 15) is 22.9 Å². The summed E-state index contributed by atoms with van der Waals surface area (Å²) in [5, 5.41) is 10.6. The second-order valence-corrected chi connectivity index (χ2v) is 6.18. The number of rotatable bonds is 6. The van der Waals surface area contributed by atoms with E-state index in [1.807, 2.05) is 0 Å². The van der Waals surface area contributed by atoms with Gasteiger partial charge in [-0.15, -0.1) is 0 Å². The van der Waals surface area contributed by atoms with Crippen LogP contribution in [0.15, 0.2) is 41.6 Å². The molecule has 0 amide bonds. The number of hydrogen-bond donors (Lipinski definition) is 1. The molecule has 0 aliphatic carbocycles. The average Bonchev–Trinajstić information content (AvgIpc) is 2.52. The molecule has 1 heterocycles. The van der Waals surface area contributed by atoms with Gasteiger partial charge in [0.2, 0.25) is 5.95 Å². The minimum atomic E-state index is -4.10. The molecule has 0 unspecified atom stereocenters. The Morgan fingerprint density at radius 3 is 2.43 bits per heavy atom. The summed E-state index contributed by atoms with van der Waals surface area (Å²) in [7, 11) is -4.10. The van der Waals surface area contributed by atoms with E-state index in [1.54, 1.807) is 0 Å². The first-order chi connectivity index (χ1) is 10.9. The smallest absolute Gasteiger partial charge is 0.269 e. The number of nitro groups is 1. The zero-order valence-electron chi connectivity index (χ0n) is 11.7. The lowest BCUT2D eigenvalue weighted by Crippen LogP contribution is -2.36. The average molecular weight is 341 g/mol. The number of non-ortho nitro benzene ring substituents is 1. The molecular formula is C12H12FN5O4S. The third kappa shape index (κ3) is 3.57. The number of nitro benzene ring substituents is 1. The number of benzene rings is 1. The standard InChI is InChI=1S/C12H12FN5O4S/c13-11-7-12(16-8-15-11)17(6-5-14)23(21,22)10-3-1-9(2-4-10)18(19)20/h1-4,7-8H,5-6,14H2. The van der Waals surface area contributed by atoms with Gasteiger partial charge in [0.1, 0.15) is 12.1 Å². The summed E-state index contributed by atoms with van der Waals surface area (Å²) < 4.78 is 39.3. The number of sulfonamides is 1. The maximum absolute atomic E-state index is 13.2. The number of halogens is 1. The van der Waals surface area contributed by atoms with Crippen molar-refractivity contribution in [3.63, 3.8) is 0 Å². The van der Waals surface area contributed by atoms with Crippen molar-refractivity contribution in [3.05, 3.63) is 52.7 Å². The van der Waals surface area contributed by atoms with Crippen LogP contribution in [0.5, 0.6) is 0 Å². The number of nitrogens with zero attached hydrogens (tertiary/aromatic N) is 4.